The van der Waals surface area contributed by atoms with E-state index in [1.807, 2.05) is 26.0 Å². The van der Waals surface area contributed by atoms with Gasteiger partial charge in [-0.3, -0.25) is 9.59 Å². The summed E-state index contributed by atoms with van der Waals surface area (Å²) in [7, 11) is 0. The van der Waals surface area contributed by atoms with E-state index in [-0.39, 0.29) is 17.9 Å². The predicted molar refractivity (Wildman–Crippen MR) is 103 cm³/mol. The van der Waals surface area contributed by atoms with Crippen molar-refractivity contribution in [3.05, 3.63) is 53.1 Å². The van der Waals surface area contributed by atoms with E-state index < -0.39 is 0 Å². The second-order valence-corrected chi connectivity index (χ2v) is 6.57. The number of fused-ring (bicyclic) bond motifs is 1. The molecule has 2 aromatic carbocycles. The minimum Gasteiger partial charge on any atom is -0.494 e. The van der Waals surface area contributed by atoms with E-state index in [9.17, 15) is 9.59 Å². The van der Waals surface area contributed by atoms with Crippen molar-refractivity contribution in [2.45, 2.75) is 39.8 Å². The number of hydrogen-bond donors (Lipinski definition) is 2. The normalized spacial score (nSPS) is 14.9. The van der Waals surface area contributed by atoms with Gasteiger partial charge >= 0.3 is 0 Å². The quantitative estimate of drug-likeness (QED) is 0.820. The Labute approximate surface area is 158 Å². The van der Waals surface area contributed by atoms with Crippen LogP contribution in [0, 0.1) is 0 Å². The summed E-state index contributed by atoms with van der Waals surface area (Å²) in [6, 6.07) is 10.7. The molecule has 0 fully saturated rings. The first-order valence-electron chi connectivity index (χ1n) is 9.07. The third-order valence-corrected chi connectivity index (χ3v) is 4.29. The van der Waals surface area contributed by atoms with Crippen LogP contribution in [0.25, 0.3) is 0 Å². The zero-order chi connectivity index (χ0) is 19.4. The highest BCUT2D eigenvalue weighted by Gasteiger charge is 2.22. The lowest BCUT2D eigenvalue weighted by Gasteiger charge is -2.13. The molecule has 0 aliphatic carbocycles. The Morgan fingerprint density at radius 2 is 1.96 bits per heavy atom. The molecular weight excluding hydrogens is 344 g/mol. The Morgan fingerprint density at radius 3 is 2.63 bits per heavy atom. The summed E-state index contributed by atoms with van der Waals surface area (Å²) in [5.74, 6) is 1.29. The van der Waals surface area contributed by atoms with Crippen molar-refractivity contribution < 1.29 is 19.1 Å². The van der Waals surface area contributed by atoms with Crippen LogP contribution in [-0.2, 0) is 17.8 Å². The Balaban J connectivity index is 1.69. The Hall–Kier alpha value is -3.02. The molecule has 0 saturated heterocycles. The van der Waals surface area contributed by atoms with E-state index >= 15 is 0 Å². The second kappa shape index (κ2) is 8.12. The third-order valence-electron chi connectivity index (χ3n) is 4.29. The highest BCUT2D eigenvalue weighted by atomic mass is 16.5. The molecular formula is C21H24N2O4. The minimum absolute atomic E-state index is 0.149. The molecule has 2 aromatic rings. The zero-order valence-corrected chi connectivity index (χ0v) is 15.8. The summed E-state index contributed by atoms with van der Waals surface area (Å²) in [5, 5.41) is 5.59. The van der Waals surface area contributed by atoms with Crippen molar-refractivity contribution in [2.24, 2.45) is 0 Å². The maximum absolute atomic E-state index is 12.4. The molecule has 0 saturated carbocycles. The van der Waals surface area contributed by atoms with Crippen molar-refractivity contribution in [1.82, 2.24) is 5.32 Å². The van der Waals surface area contributed by atoms with E-state index in [2.05, 4.69) is 10.6 Å². The fraction of sp³-hybridized carbons (Fsp3) is 0.333. The first kappa shape index (κ1) is 18.8. The van der Waals surface area contributed by atoms with Crippen molar-refractivity contribution in [1.29, 1.82) is 0 Å². The molecule has 6 nitrogen and oxygen atoms in total. The molecule has 3 rings (SSSR count). The molecule has 1 aliphatic rings. The maximum Gasteiger partial charge on any atom is 0.251 e. The fourth-order valence-corrected chi connectivity index (χ4v) is 3.10. The van der Waals surface area contributed by atoms with Crippen LogP contribution < -0.4 is 20.1 Å². The van der Waals surface area contributed by atoms with Crippen LogP contribution in [0.5, 0.6) is 11.5 Å². The lowest BCUT2D eigenvalue weighted by atomic mass is 10.1. The van der Waals surface area contributed by atoms with Gasteiger partial charge in [-0.1, -0.05) is 0 Å². The zero-order valence-electron chi connectivity index (χ0n) is 15.8. The van der Waals surface area contributed by atoms with Crippen molar-refractivity contribution in [2.75, 3.05) is 11.9 Å². The highest BCUT2D eigenvalue weighted by Crippen LogP contribution is 2.35. The van der Waals surface area contributed by atoms with Crippen molar-refractivity contribution in [3.8, 4) is 11.5 Å². The molecule has 1 heterocycles. The maximum atomic E-state index is 12.4. The number of nitrogens with one attached hydrogen (secondary N) is 2. The number of benzene rings is 2. The number of carbonyl (C=O) groups is 2. The van der Waals surface area contributed by atoms with Gasteiger partial charge in [-0.25, -0.2) is 0 Å². The van der Waals surface area contributed by atoms with Crippen molar-refractivity contribution in [3.63, 3.8) is 0 Å². The number of rotatable bonds is 6. The van der Waals surface area contributed by atoms with Crippen LogP contribution in [-0.4, -0.2) is 24.5 Å². The third kappa shape index (κ3) is 4.58. The average molecular weight is 368 g/mol. The van der Waals surface area contributed by atoms with Crippen LogP contribution in [0.15, 0.2) is 36.4 Å². The molecule has 0 aromatic heterocycles. The number of hydrogen-bond acceptors (Lipinski definition) is 4. The minimum atomic E-state index is -0.193. The molecule has 0 unspecified atom stereocenters. The van der Waals surface area contributed by atoms with E-state index in [0.29, 0.717) is 24.4 Å². The highest BCUT2D eigenvalue weighted by molar-refractivity contribution is 5.95. The lowest BCUT2D eigenvalue weighted by molar-refractivity contribution is -0.114. The summed E-state index contributed by atoms with van der Waals surface area (Å²) in [6.45, 7) is 6.31. The van der Waals surface area contributed by atoms with Crippen LogP contribution in [0.4, 0.5) is 5.69 Å². The molecule has 142 valence electrons. The van der Waals surface area contributed by atoms with Gasteiger partial charge in [0, 0.05) is 42.3 Å². The monoisotopic (exact) mass is 368 g/mol. The molecule has 2 amide bonds. The summed E-state index contributed by atoms with van der Waals surface area (Å²) in [6.07, 6.45) is 1.02. The molecule has 6 heteroatoms. The fourth-order valence-electron chi connectivity index (χ4n) is 3.10. The Bertz CT molecular complexity index is 846. The number of anilines is 1. The molecule has 0 bridgehead atoms. The van der Waals surface area contributed by atoms with Gasteiger partial charge in [-0.2, -0.15) is 0 Å². The van der Waals surface area contributed by atoms with Gasteiger partial charge in [0.25, 0.3) is 5.91 Å². The standard InChI is InChI=1S/C21H24N2O4/c1-4-26-19-10-16-9-13(2)27-20(16)11-17(19)12-22-21(25)15-5-7-18(8-6-15)23-14(3)24/h5-8,10-11,13H,4,9,12H2,1-3H3,(H,22,25)(H,23,24)/t13-/m1/s1. The summed E-state index contributed by atoms with van der Waals surface area (Å²) >= 11 is 0. The van der Waals surface area contributed by atoms with E-state index in [0.717, 1.165) is 29.0 Å². The van der Waals surface area contributed by atoms with Gasteiger partial charge < -0.3 is 20.1 Å². The van der Waals surface area contributed by atoms with Crippen LogP contribution >= 0.6 is 0 Å². The number of carbonyl (C=O) groups excluding carboxylic acids is 2. The SMILES string of the molecule is CCOc1cc2c(cc1CNC(=O)c1ccc(NC(C)=O)cc1)O[C@H](C)C2. The Morgan fingerprint density at radius 1 is 1.22 bits per heavy atom. The van der Waals surface area contributed by atoms with Crippen LogP contribution in [0.3, 0.4) is 0 Å². The van der Waals surface area contributed by atoms with E-state index in [4.69, 9.17) is 9.47 Å². The van der Waals surface area contributed by atoms with Crippen molar-refractivity contribution >= 4 is 17.5 Å². The van der Waals surface area contributed by atoms with Gasteiger partial charge in [-0.05, 0) is 50.2 Å². The molecule has 1 atom stereocenters. The smallest absolute Gasteiger partial charge is 0.251 e. The first-order chi connectivity index (χ1) is 13.0. The van der Waals surface area contributed by atoms with Crippen LogP contribution in [0.1, 0.15) is 42.3 Å². The number of amides is 2. The van der Waals surface area contributed by atoms with Gasteiger partial charge in [0.2, 0.25) is 5.91 Å². The van der Waals surface area contributed by atoms with Gasteiger partial charge in [0.15, 0.2) is 0 Å². The molecule has 1 aliphatic heterocycles. The molecule has 2 N–H and O–H groups in total. The van der Waals surface area contributed by atoms with E-state index in [1.165, 1.54) is 6.92 Å². The van der Waals surface area contributed by atoms with Gasteiger partial charge in [0.1, 0.15) is 17.6 Å². The Kier molecular flexibility index (Phi) is 5.64. The molecule has 27 heavy (non-hydrogen) atoms. The molecule has 0 radical (unpaired) electrons. The lowest BCUT2D eigenvalue weighted by Crippen LogP contribution is -2.23. The summed E-state index contributed by atoms with van der Waals surface area (Å²) in [4.78, 5) is 23.5. The van der Waals surface area contributed by atoms with Gasteiger partial charge in [-0.15, -0.1) is 0 Å². The van der Waals surface area contributed by atoms with E-state index in [1.54, 1.807) is 24.3 Å². The summed E-state index contributed by atoms with van der Waals surface area (Å²) in [5.41, 5.74) is 3.19. The first-order valence-corrected chi connectivity index (χ1v) is 9.07. The topological polar surface area (TPSA) is 76.7 Å². The average Bonchev–Trinajstić information content (AvgIpc) is 2.98. The van der Waals surface area contributed by atoms with Gasteiger partial charge in [0.05, 0.1) is 6.61 Å². The molecule has 0 spiro atoms. The van der Waals surface area contributed by atoms with Crippen LogP contribution in [0.2, 0.25) is 0 Å². The largest absolute Gasteiger partial charge is 0.494 e. The second-order valence-electron chi connectivity index (χ2n) is 6.57. The predicted octanol–water partition coefficient (Wildman–Crippen LogP) is 3.30. The number of ether oxygens (including phenoxy) is 2. The summed E-state index contributed by atoms with van der Waals surface area (Å²) < 4.78 is 11.6.